The minimum absolute atomic E-state index is 0.0535. The molecule has 1 aliphatic rings. The van der Waals surface area contributed by atoms with Crippen LogP contribution in [0.15, 0.2) is 34.9 Å². The number of aromatic nitrogens is 4. The molecule has 3 heterocycles. The van der Waals surface area contributed by atoms with Crippen molar-refractivity contribution in [3.63, 3.8) is 0 Å². The smallest absolute Gasteiger partial charge is 0.272 e. The summed E-state index contributed by atoms with van der Waals surface area (Å²) < 4.78 is 2.72. The van der Waals surface area contributed by atoms with Gasteiger partial charge in [-0.1, -0.05) is 15.9 Å². The molecular weight excluding hydrogens is 408 g/mol. The number of rotatable bonds is 3. The highest BCUT2D eigenvalue weighted by molar-refractivity contribution is 9.10. The van der Waals surface area contributed by atoms with Gasteiger partial charge in [0.2, 0.25) is 5.95 Å². The van der Waals surface area contributed by atoms with Gasteiger partial charge in [-0.15, -0.1) is 0 Å². The molecule has 1 unspecified atom stereocenters. The van der Waals surface area contributed by atoms with Crippen LogP contribution in [0.5, 0.6) is 0 Å². The first-order chi connectivity index (χ1) is 13.0. The van der Waals surface area contributed by atoms with Crippen LogP contribution in [0.2, 0.25) is 0 Å². The Labute approximate surface area is 165 Å². The summed E-state index contributed by atoms with van der Waals surface area (Å²) in [5, 5.41) is 8.36. The largest absolute Gasteiger partial charge is 0.346 e. The van der Waals surface area contributed by atoms with Gasteiger partial charge < -0.3 is 10.2 Å². The number of carbonyl (C=O) groups is 1. The van der Waals surface area contributed by atoms with Crippen LogP contribution in [0.1, 0.15) is 29.0 Å². The van der Waals surface area contributed by atoms with Crippen LogP contribution in [0, 0.1) is 6.92 Å². The van der Waals surface area contributed by atoms with Crippen molar-refractivity contribution in [2.75, 3.05) is 18.0 Å². The van der Waals surface area contributed by atoms with Gasteiger partial charge in [0.15, 0.2) is 0 Å². The van der Waals surface area contributed by atoms with Crippen molar-refractivity contribution in [1.29, 1.82) is 0 Å². The molecule has 1 fully saturated rings. The minimum Gasteiger partial charge on any atom is -0.346 e. The molecule has 0 radical (unpaired) electrons. The van der Waals surface area contributed by atoms with Crippen LogP contribution in [-0.2, 0) is 7.05 Å². The highest BCUT2D eigenvalue weighted by Crippen LogP contribution is 2.22. The van der Waals surface area contributed by atoms with E-state index in [1.807, 2.05) is 38.4 Å². The molecule has 7 nitrogen and oxygen atoms in total. The number of hydrogen-bond acceptors (Lipinski definition) is 5. The molecule has 8 heteroatoms. The first kappa shape index (κ1) is 17.9. The molecule has 1 amide bonds. The Kier molecular flexibility index (Phi) is 4.82. The van der Waals surface area contributed by atoms with Crippen molar-refractivity contribution < 1.29 is 4.79 Å². The summed E-state index contributed by atoms with van der Waals surface area (Å²) in [4.78, 5) is 23.8. The SMILES string of the molecule is Cc1cc(C(=O)NC2CCCN(c3ncc4cc(Br)ccc4n3)C2)nn1C. The van der Waals surface area contributed by atoms with E-state index in [1.165, 1.54) is 0 Å². The summed E-state index contributed by atoms with van der Waals surface area (Å²) in [6, 6.07) is 7.83. The van der Waals surface area contributed by atoms with Crippen molar-refractivity contribution in [3.05, 3.63) is 46.3 Å². The average molecular weight is 429 g/mol. The second-order valence-corrected chi connectivity index (χ2v) is 7.84. The molecule has 27 heavy (non-hydrogen) atoms. The number of fused-ring (bicyclic) bond motifs is 1. The maximum absolute atomic E-state index is 12.5. The molecule has 1 atom stereocenters. The van der Waals surface area contributed by atoms with Gasteiger partial charge in [-0.2, -0.15) is 5.10 Å². The summed E-state index contributed by atoms with van der Waals surface area (Å²) >= 11 is 3.47. The number of nitrogens with one attached hydrogen (secondary N) is 1. The van der Waals surface area contributed by atoms with Crippen LogP contribution in [0.4, 0.5) is 5.95 Å². The summed E-state index contributed by atoms with van der Waals surface area (Å²) in [6.07, 6.45) is 3.77. The Hall–Kier alpha value is -2.48. The average Bonchev–Trinajstić information content (AvgIpc) is 3.00. The molecule has 3 aromatic rings. The van der Waals surface area contributed by atoms with Crippen LogP contribution in [-0.4, -0.2) is 44.8 Å². The molecule has 2 aromatic heterocycles. The van der Waals surface area contributed by atoms with E-state index in [-0.39, 0.29) is 11.9 Å². The molecular formula is C19H21BrN6O. The molecule has 0 aliphatic carbocycles. The number of anilines is 1. The second-order valence-electron chi connectivity index (χ2n) is 6.93. The third kappa shape index (κ3) is 3.80. The number of aryl methyl sites for hydroxylation is 2. The molecule has 0 saturated carbocycles. The predicted octanol–water partition coefficient (Wildman–Crippen LogP) is 2.83. The molecule has 4 rings (SSSR count). The van der Waals surface area contributed by atoms with Gasteiger partial charge >= 0.3 is 0 Å². The van der Waals surface area contributed by atoms with E-state index in [0.717, 1.165) is 40.5 Å². The van der Waals surface area contributed by atoms with Gasteiger partial charge in [0.25, 0.3) is 5.91 Å². The highest BCUT2D eigenvalue weighted by atomic mass is 79.9. The number of halogens is 1. The van der Waals surface area contributed by atoms with Crippen molar-refractivity contribution in [2.45, 2.75) is 25.8 Å². The van der Waals surface area contributed by atoms with Gasteiger partial charge in [0.05, 0.1) is 5.52 Å². The number of piperidine rings is 1. The van der Waals surface area contributed by atoms with Crippen molar-refractivity contribution >= 4 is 38.7 Å². The summed E-state index contributed by atoms with van der Waals surface area (Å²) in [6.45, 7) is 3.51. The van der Waals surface area contributed by atoms with Crippen LogP contribution >= 0.6 is 15.9 Å². The molecule has 0 spiro atoms. The van der Waals surface area contributed by atoms with Gasteiger partial charge in [-0.05, 0) is 44.0 Å². The predicted molar refractivity (Wildman–Crippen MR) is 108 cm³/mol. The van der Waals surface area contributed by atoms with Gasteiger partial charge in [0, 0.05) is 47.9 Å². The molecule has 1 aromatic carbocycles. The fourth-order valence-corrected chi connectivity index (χ4v) is 3.73. The van der Waals surface area contributed by atoms with E-state index in [0.29, 0.717) is 18.2 Å². The van der Waals surface area contributed by atoms with Gasteiger partial charge in [-0.25, -0.2) is 9.97 Å². The number of amides is 1. The van der Waals surface area contributed by atoms with Crippen LogP contribution in [0.3, 0.4) is 0 Å². The number of carbonyl (C=O) groups excluding carboxylic acids is 1. The topological polar surface area (TPSA) is 75.9 Å². The normalized spacial score (nSPS) is 17.3. The molecule has 140 valence electrons. The van der Waals surface area contributed by atoms with Crippen LogP contribution in [0.25, 0.3) is 10.9 Å². The first-order valence-electron chi connectivity index (χ1n) is 8.98. The minimum atomic E-state index is -0.130. The van der Waals surface area contributed by atoms with Gasteiger partial charge in [0.1, 0.15) is 5.69 Å². The van der Waals surface area contributed by atoms with E-state index in [2.05, 4.69) is 36.2 Å². The summed E-state index contributed by atoms with van der Waals surface area (Å²) in [5.74, 6) is 0.576. The highest BCUT2D eigenvalue weighted by Gasteiger charge is 2.24. The van der Waals surface area contributed by atoms with Crippen molar-refractivity contribution in [2.24, 2.45) is 7.05 Å². The number of benzene rings is 1. The number of hydrogen-bond donors (Lipinski definition) is 1. The third-order valence-electron chi connectivity index (χ3n) is 4.92. The zero-order valence-corrected chi connectivity index (χ0v) is 16.9. The third-order valence-corrected chi connectivity index (χ3v) is 5.41. The maximum Gasteiger partial charge on any atom is 0.272 e. The Morgan fingerprint density at radius 3 is 2.96 bits per heavy atom. The van der Waals surface area contributed by atoms with Crippen molar-refractivity contribution in [1.82, 2.24) is 25.1 Å². The zero-order chi connectivity index (χ0) is 19.0. The molecule has 1 saturated heterocycles. The van der Waals surface area contributed by atoms with Crippen LogP contribution < -0.4 is 10.2 Å². The van der Waals surface area contributed by atoms with E-state index in [1.54, 1.807) is 10.7 Å². The molecule has 1 aliphatic heterocycles. The van der Waals surface area contributed by atoms with E-state index < -0.39 is 0 Å². The number of nitrogens with zero attached hydrogens (tertiary/aromatic N) is 5. The summed E-state index contributed by atoms with van der Waals surface area (Å²) in [7, 11) is 1.84. The lowest BCUT2D eigenvalue weighted by Crippen LogP contribution is -2.48. The maximum atomic E-state index is 12.5. The van der Waals surface area contributed by atoms with E-state index in [4.69, 9.17) is 4.98 Å². The lowest BCUT2D eigenvalue weighted by atomic mass is 10.1. The Balaban J connectivity index is 1.47. The van der Waals surface area contributed by atoms with Crippen molar-refractivity contribution in [3.8, 4) is 0 Å². The fraction of sp³-hybridized carbons (Fsp3) is 0.368. The van der Waals surface area contributed by atoms with E-state index in [9.17, 15) is 4.79 Å². The standard InChI is InChI=1S/C19H21BrN6O/c1-12-8-17(24-25(12)2)18(27)22-15-4-3-7-26(11-15)19-21-10-13-9-14(20)5-6-16(13)23-19/h5-6,8-10,15H,3-4,7,11H2,1-2H3,(H,22,27). The monoisotopic (exact) mass is 428 g/mol. The Morgan fingerprint density at radius 1 is 1.33 bits per heavy atom. The second kappa shape index (κ2) is 7.26. The Bertz CT molecular complexity index is 982. The fourth-order valence-electron chi connectivity index (χ4n) is 3.35. The zero-order valence-electron chi connectivity index (χ0n) is 15.3. The summed E-state index contributed by atoms with van der Waals surface area (Å²) in [5.41, 5.74) is 2.33. The first-order valence-corrected chi connectivity index (χ1v) is 9.77. The van der Waals surface area contributed by atoms with Gasteiger partial charge in [-0.3, -0.25) is 9.48 Å². The lowest BCUT2D eigenvalue weighted by Gasteiger charge is -2.33. The lowest BCUT2D eigenvalue weighted by molar-refractivity contribution is 0.0927. The Morgan fingerprint density at radius 2 is 2.19 bits per heavy atom. The quantitative estimate of drug-likeness (QED) is 0.693. The molecule has 1 N–H and O–H groups in total. The molecule has 0 bridgehead atoms. The van der Waals surface area contributed by atoms with E-state index >= 15 is 0 Å².